The molecule has 0 aliphatic carbocycles. The van der Waals surface area contributed by atoms with Crippen molar-refractivity contribution in [1.82, 2.24) is 0 Å². The molecule has 20 heavy (non-hydrogen) atoms. The van der Waals surface area contributed by atoms with E-state index in [2.05, 4.69) is 34.1 Å². The van der Waals surface area contributed by atoms with Crippen LogP contribution < -0.4 is 11.1 Å². The van der Waals surface area contributed by atoms with Gasteiger partial charge in [0.15, 0.2) is 0 Å². The van der Waals surface area contributed by atoms with E-state index in [0.717, 1.165) is 0 Å². The lowest BCUT2D eigenvalue weighted by atomic mass is 10.1. The second-order valence-electron chi connectivity index (χ2n) is 4.32. The van der Waals surface area contributed by atoms with Crippen LogP contribution in [0.15, 0.2) is 16.6 Å². The molecular weight excluding hydrogens is 324 g/mol. The van der Waals surface area contributed by atoms with Crippen LogP contribution in [-0.4, -0.2) is 23.5 Å². The number of rotatable bonds is 5. The van der Waals surface area contributed by atoms with E-state index in [-0.39, 0.29) is 11.1 Å². The molecule has 0 unspecified atom stereocenters. The maximum atomic E-state index is 11.3. The Morgan fingerprint density at radius 1 is 1.35 bits per heavy atom. The number of carbonyl (C=O) groups excluding carboxylic acids is 1. The number of aromatic carboxylic acids is 1. The summed E-state index contributed by atoms with van der Waals surface area (Å²) in [7, 11) is 0. The van der Waals surface area contributed by atoms with Gasteiger partial charge in [-0.15, -0.1) is 12.8 Å². The van der Waals surface area contributed by atoms with E-state index in [9.17, 15) is 9.59 Å². The molecule has 0 bridgehead atoms. The van der Waals surface area contributed by atoms with Gasteiger partial charge in [0.2, 0.25) is 0 Å². The lowest BCUT2D eigenvalue weighted by molar-refractivity contribution is 0.0695. The fourth-order valence-corrected chi connectivity index (χ4v) is 1.91. The molecule has 1 rings (SSSR count). The molecule has 108 valence electrons. The summed E-state index contributed by atoms with van der Waals surface area (Å²) in [5.74, 6) is -1.30. The summed E-state index contributed by atoms with van der Waals surface area (Å²) in [5.41, 5.74) is 6.07. The van der Waals surface area contributed by atoms with Gasteiger partial charge in [-0.05, 0) is 34.0 Å². The van der Waals surface area contributed by atoms with Crippen molar-refractivity contribution in [2.75, 3.05) is 11.9 Å². The topological polar surface area (TPSA) is 92.4 Å². The molecule has 1 aromatic carbocycles. The second-order valence-corrected chi connectivity index (χ2v) is 5.18. The van der Waals surface area contributed by atoms with Gasteiger partial charge in [-0.2, -0.15) is 0 Å². The molecule has 6 heteroatoms. The van der Waals surface area contributed by atoms with Crippen LogP contribution in [0.3, 0.4) is 0 Å². The standard InChI is InChI=1S/C12H15BrN2O3.C2H2/c1-6(2)5-15-10-4-7(12(17)18)9(13)3-8(10)11(14)16;1-2/h3-4,6,15H,5H2,1-2H3,(H2,14,16)(H,17,18);1-2H. The second kappa shape index (κ2) is 8.23. The third-order valence-electron chi connectivity index (χ3n) is 2.30. The summed E-state index contributed by atoms with van der Waals surface area (Å²) in [6, 6.07) is 2.84. The van der Waals surface area contributed by atoms with Crippen LogP contribution in [0, 0.1) is 18.8 Å². The highest BCUT2D eigenvalue weighted by atomic mass is 79.9. The van der Waals surface area contributed by atoms with E-state index in [1.54, 1.807) is 0 Å². The molecule has 0 saturated heterocycles. The first-order valence-corrected chi connectivity index (χ1v) is 6.56. The van der Waals surface area contributed by atoms with E-state index in [0.29, 0.717) is 22.6 Å². The lowest BCUT2D eigenvalue weighted by Gasteiger charge is -2.13. The largest absolute Gasteiger partial charge is 0.478 e. The Labute approximate surface area is 126 Å². The molecule has 1 aromatic rings. The van der Waals surface area contributed by atoms with Crippen LogP contribution >= 0.6 is 15.9 Å². The number of hydrogen-bond acceptors (Lipinski definition) is 3. The van der Waals surface area contributed by atoms with Crippen molar-refractivity contribution < 1.29 is 14.7 Å². The predicted octanol–water partition coefficient (Wildman–Crippen LogP) is 2.56. The average molecular weight is 341 g/mol. The zero-order valence-electron chi connectivity index (χ0n) is 11.3. The fraction of sp³-hybridized carbons (Fsp3) is 0.286. The van der Waals surface area contributed by atoms with Gasteiger partial charge in [-0.1, -0.05) is 13.8 Å². The average Bonchev–Trinajstić information content (AvgIpc) is 2.38. The monoisotopic (exact) mass is 340 g/mol. The van der Waals surface area contributed by atoms with Crippen LogP contribution in [0.1, 0.15) is 34.6 Å². The molecule has 0 atom stereocenters. The Morgan fingerprint density at radius 3 is 2.30 bits per heavy atom. The summed E-state index contributed by atoms with van der Waals surface area (Å²) in [4.78, 5) is 22.3. The maximum Gasteiger partial charge on any atom is 0.336 e. The lowest BCUT2D eigenvalue weighted by Crippen LogP contribution is -2.17. The molecule has 4 N–H and O–H groups in total. The SMILES string of the molecule is C#C.CC(C)CNc1cc(C(=O)O)c(Br)cc1C(N)=O. The number of primary amides is 1. The summed E-state index contributed by atoms with van der Waals surface area (Å²) in [5, 5.41) is 12.1. The summed E-state index contributed by atoms with van der Waals surface area (Å²) in [6.45, 7) is 4.64. The van der Waals surface area contributed by atoms with Crippen molar-refractivity contribution in [2.24, 2.45) is 11.7 Å². The number of terminal acetylenes is 1. The number of amides is 1. The van der Waals surface area contributed by atoms with E-state index in [1.807, 2.05) is 13.8 Å². The minimum absolute atomic E-state index is 0.0891. The normalized spacial score (nSPS) is 9.50. The number of nitrogens with one attached hydrogen (secondary N) is 1. The van der Waals surface area contributed by atoms with E-state index >= 15 is 0 Å². The molecule has 0 aliphatic rings. The van der Waals surface area contributed by atoms with Crippen molar-refractivity contribution in [2.45, 2.75) is 13.8 Å². The fourth-order valence-electron chi connectivity index (χ4n) is 1.40. The van der Waals surface area contributed by atoms with Gasteiger partial charge in [0.1, 0.15) is 0 Å². The summed E-state index contributed by atoms with van der Waals surface area (Å²) < 4.78 is 0.332. The first-order valence-electron chi connectivity index (χ1n) is 5.76. The Bertz CT molecular complexity index is 525. The third-order valence-corrected chi connectivity index (χ3v) is 2.96. The van der Waals surface area contributed by atoms with Gasteiger partial charge < -0.3 is 16.2 Å². The number of anilines is 1. The third kappa shape index (κ3) is 4.94. The summed E-state index contributed by atoms with van der Waals surface area (Å²) in [6.07, 6.45) is 8.00. The van der Waals surface area contributed by atoms with Crippen molar-refractivity contribution >= 4 is 33.5 Å². The number of carbonyl (C=O) groups is 2. The molecule has 0 aliphatic heterocycles. The smallest absolute Gasteiger partial charge is 0.336 e. The Kier molecular flexibility index (Phi) is 7.40. The van der Waals surface area contributed by atoms with Crippen molar-refractivity contribution in [3.8, 4) is 12.8 Å². The number of halogens is 1. The molecular formula is C14H17BrN2O3. The highest BCUT2D eigenvalue weighted by Crippen LogP contribution is 2.26. The first kappa shape index (κ1) is 18.0. The van der Waals surface area contributed by atoms with Crippen molar-refractivity contribution in [1.29, 1.82) is 0 Å². The van der Waals surface area contributed by atoms with E-state index in [1.165, 1.54) is 12.1 Å². The quantitative estimate of drug-likeness (QED) is 0.718. The number of carboxylic acids is 1. The molecule has 0 spiro atoms. The maximum absolute atomic E-state index is 11.3. The highest BCUT2D eigenvalue weighted by Gasteiger charge is 2.16. The minimum Gasteiger partial charge on any atom is -0.478 e. The Hall–Kier alpha value is -2.00. The van der Waals surface area contributed by atoms with Crippen LogP contribution in [0.2, 0.25) is 0 Å². The molecule has 1 amide bonds. The highest BCUT2D eigenvalue weighted by molar-refractivity contribution is 9.10. The van der Waals surface area contributed by atoms with Crippen molar-refractivity contribution in [3.05, 3.63) is 27.7 Å². The molecule has 0 fully saturated rings. The molecule has 0 aromatic heterocycles. The van der Waals surface area contributed by atoms with Gasteiger partial charge >= 0.3 is 5.97 Å². The van der Waals surface area contributed by atoms with Gasteiger partial charge in [0.25, 0.3) is 5.91 Å². The van der Waals surface area contributed by atoms with E-state index in [4.69, 9.17) is 10.8 Å². The van der Waals surface area contributed by atoms with Gasteiger partial charge in [-0.3, -0.25) is 4.79 Å². The van der Waals surface area contributed by atoms with Crippen LogP contribution in [0.4, 0.5) is 5.69 Å². The van der Waals surface area contributed by atoms with Crippen molar-refractivity contribution in [3.63, 3.8) is 0 Å². The number of hydrogen-bond donors (Lipinski definition) is 3. The first-order chi connectivity index (χ1) is 9.32. The molecule has 5 nitrogen and oxygen atoms in total. The number of nitrogens with two attached hydrogens (primary N) is 1. The van der Waals surface area contributed by atoms with Crippen LogP contribution in [0.5, 0.6) is 0 Å². The van der Waals surface area contributed by atoms with Crippen LogP contribution in [-0.2, 0) is 0 Å². The summed E-state index contributed by atoms with van der Waals surface area (Å²) >= 11 is 3.11. The van der Waals surface area contributed by atoms with Gasteiger partial charge in [0, 0.05) is 16.7 Å². The zero-order valence-corrected chi connectivity index (χ0v) is 12.9. The predicted molar refractivity (Wildman–Crippen MR) is 82.8 cm³/mol. The zero-order chi connectivity index (χ0) is 15.9. The molecule has 0 radical (unpaired) electrons. The van der Waals surface area contributed by atoms with Crippen LogP contribution in [0.25, 0.3) is 0 Å². The van der Waals surface area contributed by atoms with E-state index < -0.39 is 11.9 Å². The molecule has 0 saturated carbocycles. The van der Waals surface area contributed by atoms with Gasteiger partial charge in [-0.25, -0.2) is 4.79 Å². The Balaban J connectivity index is 0.00000172. The Morgan fingerprint density at radius 2 is 1.90 bits per heavy atom. The minimum atomic E-state index is -1.06. The van der Waals surface area contributed by atoms with Gasteiger partial charge in [0.05, 0.1) is 11.1 Å². The number of carboxylic acid groups (broad SMARTS) is 1. The number of benzene rings is 1. The molecule has 0 heterocycles.